The predicted octanol–water partition coefficient (Wildman–Crippen LogP) is -0.799. The van der Waals surface area contributed by atoms with Gasteiger partial charge in [-0.1, -0.05) is 5.10 Å². The number of carboxylic acids is 1. The highest BCUT2D eigenvalue weighted by Crippen LogP contribution is 2.21. The topological polar surface area (TPSA) is 113 Å². The van der Waals surface area contributed by atoms with Crippen LogP contribution >= 0.6 is 11.8 Å². The van der Waals surface area contributed by atoms with E-state index in [2.05, 4.69) is 20.7 Å². The number of hydrogen-bond donors (Lipinski definition) is 2. The second-order valence-electron chi connectivity index (χ2n) is 3.36. The molecule has 1 saturated heterocycles. The van der Waals surface area contributed by atoms with Crippen molar-refractivity contribution in [1.82, 2.24) is 25.1 Å². The summed E-state index contributed by atoms with van der Waals surface area (Å²) in [6.07, 6.45) is 0. The summed E-state index contributed by atoms with van der Waals surface area (Å²) in [7, 11) is 1.56. The third-order valence-corrected chi connectivity index (χ3v) is 3.17. The second-order valence-corrected chi connectivity index (χ2v) is 4.36. The molecule has 10 heteroatoms. The van der Waals surface area contributed by atoms with E-state index in [0.29, 0.717) is 11.6 Å². The molecule has 2 rings (SSSR count). The van der Waals surface area contributed by atoms with Gasteiger partial charge in [0, 0.05) is 5.75 Å². The number of amides is 2. The zero-order valence-electron chi connectivity index (χ0n) is 8.90. The van der Waals surface area contributed by atoms with Crippen molar-refractivity contribution < 1.29 is 14.7 Å². The number of nitrogens with zero attached hydrogens (tertiary/aromatic N) is 5. The van der Waals surface area contributed by atoms with Crippen LogP contribution < -0.4 is 5.32 Å². The maximum atomic E-state index is 11.8. The lowest BCUT2D eigenvalue weighted by atomic mass is 10.3. The smallest absolute Gasteiger partial charge is 0.327 e. The van der Waals surface area contributed by atoms with Crippen LogP contribution in [0.4, 0.5) is 10.7 Å². The summed E-state index contributed by atoms with van der Waals surface area (Å²) in [5.41, 5.74) is 0. The molecule has 2 heterocycles. The predicted molar refractivity (Wildman–Crippen MR) is 58.4 cm³/mol. The van der Waals surface area contributed by atoms with Crippen molar-refractivity contribution in [3.63, 3.8) is 0 Å². The number of aromatic nitrogens is 4. The highest BCUT2D eigenvalue weighted by Gasteiger charge is 2.34. The van der Waals surface area contributed by atoms with Gasteiger partial charge in [-0.2, -0.15) is 4.80 Å². The molecule has 0 spiro atoms. The van der Waals surface area contributed by atoms with Crippen molar-refractivity contribution >= 4 is 29.7 Å². The quantitative estimate of drug-likeness (QED) is 0.714. The minimum atomic E-state index is -1.02. The molecule has 1 aliphatic rings. The number of carbonyl (C=O) groups is 2. The van der Waals surface area contributed by atoms with E-state index in [9.17, 15) is 9.59 Å². The molecule has 17 heavy (non-hydrogen) atoms. The zero-order valence-corrected chi connectivity index (χ0v) is 9.72. The van der Waals surface area contributed by atoms with Crippen molar-refractivity contribution in [1.29, 1.82) is 0 Å². The lowest BCUT2D eigenvalue weighted by Gasteiger charge is -2.19. The van der Waals surface area contributed by atoms with Gasteiger partial charge < -0.3 is 10.0 Å². The summed E-state index contributed by atoms with van der Waals surface area (Å²) in [6.45, 7) is 0. The van der Waals surface area contributed by atoms with E-state index in [-0.39, 0.29) is 5.95 Å². The molecule has 0 saturated carbocycles. The molecule has 0 bridgehead atoms. The number of aryl methyl sites for hydroxylation is 1. The third kappa shape index (κ3) is 2.46. The molecule has 0 aliphatic carbocycles. The van der Waals surface area contributed by atoms with Crippen LogP contribution in [0.5, 0.6) is 0 Å². The Morgan fingerprint density at radius 1 is 1.59 bits per heavy atom. The molecule has 1 aliphatic heterocycles. The maximum Gasteiger partial charge on any atom is 0.327 e. The van der Waals surface area contributed by atoms with Gasteiger partial charge in [0.1, 0.15) is 6.04 Å². The Balaban J connectivity index is 2.02. The standard InChI is InChI=1S/C7H10N6O3S/c1-12-10-6(9-11-12)8-7(16)13-3-17-2-4(13)5(14)15/h4H,2-3H2,1H3,(H,14,15)(H,8,10,16). The Morgan fingerprint density at radius 3 is 2.94 bits per heavy atom. The fourth-order valence-corrected chi connectivity index (χ4v) is 2.49. The molecule has 92 valence electrons. The molecule has 1 aromatic heterocycles. The average molecular weight is 258 g/mol. The van der Waals surface area contributed by atoms with Crippen LogP contribution in [0.1, 0.15) is 0 Å². The van der Waals surface area contributed by atoms with Crippen molar-refractivity contribution in [2.24, 2.45) is 7.05 Å². The Kier molecular flexibility index (Phi) is 3.13. The highest BCUT2D eigenvalue weighted by atomic mass is 32.2. The number of hydrogen-bond acceptors (Lipinski definition) is 6. The van der Waals surface area contributed by atoms with Crippen LogP contribution in [0.15, 0.2) is 0 Å². The molecule has 1 aromatic rings. The zero-order chi connectivity index (χ0) is 12.4. The fraction of sp³-hybridized carbons (Fsp3) is 0.571. The summed E-state index contributed by atoms with van der Waals surface area (Å²) in [6, 6.07) is -1.34. The molecular weight excluding hydrogens is 248 g/mol. The van der Waals surface area contributed by atoms with Crippen molar-refractivity contribution in [2.75, 3.05) is 16.9 Å². The van der Waals surface area contributed by atoms with E-state index in [1.165, 1.54) is 21.5 Å². The van der Waals surface area contributed by atoms with Crippen molar-refractivity contribution in [2.45, 2.75) is 6.04 Å². The molecule has 1 fully saturated rings. The Hall–Kier alpha value is -1.84. The number of tetrazole rings is 1. The van der Waals surface area contributed by atoms with Crippen LogP contribution in [0.2, 0.25) is 0 Å². The average Bonchev–Trinajstić information content (AvgIpc) is 2.86. The third-order valence-electron chi connectivity index (χ3n) is 2.16. The van der Waals surface area contributed by atoms with Gasteiger partial charge in [0.05, 0.1) is 12.9 Å². The van der Waals surface area contributed by atoms with Gasteiger partial charge in [-0.15, -0.1) is 16.9 Å². The van der Waals surface area contributed by atoms with Gasteiger partial charge in [-0.3, -0.25) is 5.32 Å². The summed E-state index contributed by atoms with van der Waals surface area (Å²) < 4.78 is 0. The second kappa shape index (κ2) is 4.57. The fourth-order valence-electron chi connectivity index (χ4n) is 1.35. The number of nitrogens with one attached hydrogen (secondary N) is 1. The number of anilines is 1. The van der Waals surface area contributed by atoms with Gasteiger partial charge in [-0.25, -0.2) is 9.59 Å². The van der Waals surface area contributed by atoms with E-state index in [1.54, 1.807) is 7.05 Å². The lowest BCUT2D eigenvalue weighted by molar-refractivity contribution is -0.140. The molecule has 1 atom stereocenters. The van der Waals surface area contributed by atoms with Gasteiger partial charge in [0.25, 0.3) is 5.95 Å². The van der Waals surface area contributed by atoms with Crippen molar-refractivity contribution in [3.8, 4) is 0 Å². The number of carbonyl (C=O) groups excluding carboxylic acids is 1. The Bertz CT molecular complexity index is 449. The highest BCUT2D eigenvalue weighted by molar-refractivity contribution is 7.99. The van der Waals surface area contributed by atoms with Crippen molar-refractivity contribution in [3.05, 3.63) is 0 Å². The monoisotopic (exact) mass is 258 g/mol. The first-order valence-corrected chi connectivity index (χ1v) is 5.85. The van der Waals surface area contributed by atoms with Gasteiger partial charge >= 0.3 is 12.0 Å². The summed E-state index contributed by atoms with van der Waals surface area (Å²) >= 11 is 1.39. The van der Waals surface area contributed by atoms with Gasteiger partial charge in [0.15, 0.2) is 0 Å². The van der Waals surface area contributed by atoms with E-state index >= 15 is 0 Å². The first kappa shape index (κ1) is 11.6. The number of aliphatic carboxylic acids is 1. The van der Waals surface area contributed by atoms with Gasteiger partial charge in [-0.05, 0) is 5.21 Å². The number of thioether (sulfide) groups is 1. The first-order valence-electron chi connectivity index (χ1n) is 4.70. The van der Waals surface area contributed by atoms with Crippen LogP contribution in [0.3, 0.4) is 0 Å². The number of rotatable bonds is 2. The van der Waals surface area contributed by atoms with E-state index < -0.39 is 18.0 Å². The number of urea groups is 1. The molecular formula is C7H10N6O3S. The summed E-state index contributed by atoms with van der Waals surface area (Å²) in [5.74, 6) is -0.240. The molecule has 2 N–H and O–H groups in total. The molecule has 9 nitrogen and oxygen atoms in total. The molecule has 2 amide bonds. The summed E-state index contributed by atoms with van der Waals surface area (Å²) in [4.78, 5) is 25.1. The molecule has 0 radical (unpaired) electrons. The first-order chi connectivity index (χ1) is 8.08. The minimum Gasteiger partial charge on any atom is -0.480 e. The maximum absolute atomic E-state index is 11.8. The van der Waals surface area contributed by atoms with Gasteiger partial charge in [0.2, 0.25) is 0 Å². The van der Waals surface area contributed by atoms with Crippen LogP contribution in [-0.4, -0.2) is 59.9 Å². The summed E-state index contributed by atoms with van der Waals surface area (Å²) in [5, 5.41) is 22.2. The molecule has 0 aromatic carbocycles. The Labute approximate surface area is 100 Å². The molecule has 1 unspecified atom stereocenters. The number of carboxylic acid groups (broad SMARTS) is 1. The minimum absolute atomic E-state index is 0.0542. The van der Waals surface area contributed by atoms with Crippen LogP contribution in [-0.2, 0) is 11.8 Å². The lowest BCUT2D eigenvalue weighted by Crippen LogP contribution is -2.44. The van der Waals surface area contributed by atoms with E-state index in [4.69, 9.17) is 5.11 Å². The largest absolute Gasteiger partial charge is 0.480 e. The van der Waals surface area contributed by atoms with E-state index in [0.717, 1.165) is 0 Å². The van der Waals surface area contributed by atoms with Crippen LogP contribution in [0, 0.1) is 0 Å². The normalized spacial score (nSPS) is 19.4. The Morgan fingerprint density at radius 2 is 2.35 bits per heavy atom. The SMILES string of the molecule is Cn1nnc(NC(=O)N2CSCC2C(=O)O)n1. The van der Waals surface area contributed by atoms with Crippen LogP contribution in [0.25, 0.3) is 0 Å². The van der Waals surface area contributed by atoms with E-state index in [1.807, 2.05) is 0 Å².